The molecule has 0 fully saturated rings. The lowest BCUT2D eigenvalue weighted by atomic mass is 9.98. The Morgan fingerprint density at radius 2 is 1.75 bits per heavy atom. The Hall–Kier alpha value is -3.92. The maximum absolute atomic E-state index is 13.1. The quantitative estimate of drug-likeness (QED) is 0.491. The van der Waals surface area contributed by atoms with Crippen molar-refractivity contribution in [3.63, 3.8) is 0 Å². The van der Waals surface area contributed by atoms with Crippen molar-refractivity contribution < 1.29 is 0 Å². The first-order valence-corrected chi connectivity index (χ1v) is 10.5. The molecule has 4 aromatic rings. The van der Waals surface area contributed by atoms with E-state index in [9.17, 15) is 4.79 Å². The van der Waals surface area contributed by atoms with E-state index in [0.29, 0.717) is 18.8 Å². The van der Waals surface area contributed by atoms with E-state index in [0.717, 1.165) is 27.9 Å². The highest BCUT2D eigenvalue weighted by Gasteiger charge is 2.20. The van der Waals surface area contributed by atoms with Gasteiger partial charge in [0.15, 0.2) is 5.82 Å². The zero-order valence-corrected chi connectivity index (χ0v) is 18.8. The molecule has 0 saturated carbocycles. The summed E-state index contributed by atoms with van der Waals surface area (Å²) in [4.78, 5) is 13.1. The predicted molar refractivity (Wildman–Crippen MR) is 125 cm³/mol. The zero-order valence-electron chi connectivity index (χ0n) is 18.8. The van der Waals surface area contributed by atoms with Gasteiger partial charge in [-0.2, -0.15) is 0 Å². The summed E-state index contributed by atoms with van der Waals surface area (Å²) in [6, 6.07) is 16.2. The van der Waals surface area contributed by atoms with Gasteiger partial charge in [-0.1, -0.05) is 54.5 Å². The summed E-state index contributed by atoms with van der Waals surface area (Å²) in [6.07, 6.45) is 2.48. The molecule has 7 heteroatoms. The first-order chi connectivity index (χ1) is 15.4. The molecule has 0 radical (unpaired) electrons. The predicted octanol–water partition coefficient (Wildman–Crippen LogP) is 3.87. The molecule has 1 N–H and O–H groups in total. The second-order valence-corrected chi connectivity index (χ2v) is 8.63. The Labute approximate surface area is 187 Å². The van der Waals surface area contributed by atoms with Crippen LogP contribution in [0.5, 0.6) is 0 Å². The fourth-order valence-electron chi connectivity index (χ4n) is 3.68. The SMILES string of the molecule is CC#CCc1cn(C(C)(C)C)c(=O)n1Cc1ccc(-c2ccccc2-c2nnn[nH]2)cc1. The number of imidazole rings is 1. The molecule has 0 aliphatic carbocycles. The first-order valence-electron chi connectivity index (χ1n) is 10.5. The van der Waals surface area contributed by atoms with Gasteiger partial charge in [-0.25, -0.2) is 9.89 Å². The fourth-order valence-corrected chi connectivity index (χ4v) is 3.68. The molecular weight excluding hydrogens is 400 g/mol. The van der Waals surface area contributed by atoms with E-state index in [-0.39, 0.29) is 11.2 Å². The van der Waals surface area contributed by atoms with Crippen LogP contribution in [0.3, 0.4) is 0 Å². The molecule has 7 nitrogen and oxygen atoms in total. The van der Waals surface area contributed by atoms with Crippen molar-refractivity contribution in [3.05, 3.63) is 76.5 Å². The van der Waals surface area contributed by atoms with Crippen LogP contribution in [0.1, 0.15) is 39.0 Å². The molecule has 0 unspecified atom stereocenters. The largest absolute Gasteiger partial charge is 0.329 e. The van der Waals surface area contributed by atoms with Crippen molar-refractivity contribution in [1.82, 2.24) is 29.8 Å². The van der Waals surface area contributed by atoms with Gasteiger partial charge in [0.05, 0.1) is 18.7 Å². The third-order valence-corrected chi connectivity index (χ3v) is 5.36. The van der Waals surface area contributed by atoms with Gasteiger partial charge in [0.2, 0.25) is 0 Å². The summed E-state index contributed by atoms with van der Waals surface area (Å²) in [7, 11) is 0. The molecule has 2 heterocycles. The van der Waals surface area contributed by atoms with E-state index < -0.39 is 0 Å². The molecule has 32 heavy (non-hydrogen) atoms. The number of aromatic amines is 1. The number of tetrazole rings is 1. The lowest BCUT2D eigenvalue weighted by Gasteiger charge is -2.19. The normalized spacial score (nSPS) is 11.2. The van der Waals surface area contributed by atoms with E-state index in [2.05, 4.69) is 56.7 Å². The average Bonchev–Trinajstić information content (AvgIpc) is 3.42. The number of benzene rings is 2. The molecular formula is C25H26N6O. The Morgan fingerprint density at radius 1 is 1.03 bits per heavy atom. The van der Waals surface area contributed by atoms with Gasteiger partial charge in [-0.15, -0.1) is 11.0 Å². The number of hydrogen-bond donors (Lipinski definition) is 1. The topological polar surface area (TPSA) is 81.4 Å². The second-order valence-electron chi connectivity index (χ2n) is 8.63. The number of rotatable bonds is 5. The smallest absolute Gasteiger partial charge is 0.294 e. The van der Waals surface area contributed by atoms with Crippen LogP contribution in [-0.4, -0.2) is 29.8 Å². The lowest BCUT2D eigenvalue weighted by Crippen LogP contribution is -2.34. The maximum atomic E-state index is 13.1. The van der Waals surface area contributed by atoms with Crippen LogP contribution in [0, 0.1) is 11.8 Å². The molecule has 2 aromatic heterocycles. The van der Waals surface area contributed by atoms with Crippen molar-refractivity contribution in [2.24, 2.45) is 0 Å². The highest BCUT2D eigenvalue weighted by molar-refractivity contribution is 5.80. The van der Waals surface area contributed by atoms with E-state index in [1.165, 1.54) is 0 Å². The summed E-state index contributed by atoms with van der Waals surface area (Å²) < 4.78 is 3.61. The molecule has 162 valence electrons. The minimum atomic E-state index is -0.292. The molecule has 0 saturated heterocycles. The van der Waals surface area contributed by atoms with Crippen LogP contribution in [0.15, 0.2) is 59.5 Å². The number of H-pyrrole nitrogens is 1. The van der Waals surface area contributed by atoms with Crippen molar-refractivity contribution >= 4 is 0 Å². The fraction of sp³-hybridized carbons (Fsp3) is 0.280. The molecule has 2 aromatic carbocycles. The molecule has 0 aliphatic heterocycles. The summed E-state index contributed by atoms with van der Waals surface area (Å²) >= 11 is 0. The Kier molecular flexibility index (Phi) is 5.78. The molecule has 0 bridgehead atoms. The highest BCUT2D eigenvalue weighted by atomic mass is 16.1. The number of aromatic nitrogens is 6. The van der Waals surface area contributed by atoms with Crippen molar-refractivity contribution in [1.29, 1.82) is 0 Å². The molecule has 0 atom stereocenters. The minimum Gasteiger partial charge on any atom is -0.294 e. The molecule has 0 aliphatic rings. The Morgan fingerprint density at radius 3 is 2.38 bits per heavy atom. The summed E-state index contributed by atoms with van der Waals surface area (Å²) in [5.41, 5.74) is 4.69. The third-order valence-electron chi connectivity index (χ3n) is 5.36. The van der Waals surface area contributed by atoms with Gasteiger partial charge in [0.1, 0.15) is 0 Å². The van der Waals surface area contributed by atoms with Gasteiger partial charge in [-0.3, -0.25) is 9.13 Å². The first kappa shape index (κ1) is 21.3. The maximum Gasteiger partial charge on any atom is 0.329 e. The number of hydrogen-bond acceptors (Lipinski definition) is 4. The van der Waals surface area contributed by atoms with Crippen LogP contribution in [0.2, 0.25) is 0 Å². The average molecular weight is 427 g/mol. The highest BCUT2D eigenvalue weighted by Crippen LogP contribution is 2.29. The lowest BCUT2D eigenvalue weighted by molar-refractivity contribution is 0.380. The van der Waals surface area contributed by atoms with E-state index in [1.807, 2.05) is 62.7 Å². The van der Waals surface area contributed by atoms with Crippen LogP contribution >= 0.6 is 0 Å². The summed E-state index contributed by atoms with van der Waals surface area (Å²) in [5, 5.41) is 14.2. The van der Waals surface area contributed by atoms with E-state index in [1.54, 1.807) is 4.57 Å². The van der Waals surface area contributed by atoms with Gasteiger partial charge in [0.25, 0.3) is 0 Å². The Bertz CT molecular complexity index is 1330. The third kappa shape index (κ3) is 4.26. The second kappa shape index (κ2) is 8.67. The van der Waals surface area contributed by atoms with E-state index in [4.69, 9.17) is 0 Å². The minimum absolute atomic E-state index is 0.0161. The van der Waals surface area contributed by atoms with Crippen LogP contribution in [0.25, 0.3) is 22.5 Å². The number of nitrogens with one attached hydrogen (secondary N) is 1. The van der Waals surface area contributed by atoms with Crippen molar-refractivity contribution in [3.8, 4) is 34.4 Å². The van der Waals surface area contributed by atoms with Crippen LogP contribution < -0.4 is 5.69 Å². The van der Waals surface area contributed by atoms with Gasteiger partial charge < -0.3 is 0 Å². The summed E-state index contributed by atoms with van der Waals surface area (Å²) in [6.45, 7) is 8.41. The molecule has 0 amide bonds. The van der Waals surface area contributed by atoms with Crippen molar-refractivity contribution in [2.75, 3.05) is 0 Å². The van der Waals surface area contributed by atoms with Crippen LogP contribution in [-0.2, 0) is 18.5 Å². The van der Waals surface area contributed by atoms with Gasteiger partial charge in [-0.05, 0) is 54.8 Å². The summed E-state index contributed by atoms with van der Waals surface area (Å²) in [5.74, 6) is 6.64. The van der Waals surface area contributed by atoms with Crippen molar-refractivity contribution in [2.45, 2.75) is 46.2 Å². The van der Waals surface area contributed by atoms with Gasteiger partial charge >= 0.3 is 5.69 Å². The van der Waals surface area contributed by atoms with E-state index >= 15 is 0 Å². The monoisotopic (exact) mass is 426 g/mol. The Balaban J connectivity index is 1.67. The molecule has 4 rings (SSSR count). The van der Waals surface area contributed by atoms with Gasteiger partial charge in [0, 0.05) is 17.3 Å². The number of nitrogens with zero attached hydrogens (tertiary/aromatic N) is 5. The van der Waals surface area contributed by atoms with Crippen LogP contribution in [0.4, 0.5) is 0 Å². The zero-order chi connectivity index (χ0) is 22.7. The standard InChI is InChI=1S/C25H26N6O/c1-5-6-9-20-17-31(25(2,3)4)24(32)30(20)16-18-12-14-19(15-13-18)21-10-7-8-11-22(21)23-26-28-29-27-23/h7-8,10-15,17H,9,16H2,1-4H3,(H,26,27,28,29). The molecule has 0 spiro atoms.